The Bertz CT molecular complexity index is 1390. The second kappa shape index (κ2) is 8.50. The lowest BCUT2D eigenvalue weighted by Crippen LogP contribution is -2.44. The van der Waals surface area contributed by atoms with E-state index in [4.69, 9.17) is 4.74 Å². The number of aromatic nitrogens is 5. The minimum Gasteiger partial charge on any atom is -0.459 e. The SMILES string of the molecule is Cc1c(-n2nccn2)sc2c1c(=O)n(C(C)C(=O)OCc1ccccc1)c(=O)n2C(C)F. The van der Waals surface area contributed by atoms with E-state index < -0.39 is 29.6 Å². The first-order chi connectivity index (χ1) is 15.3. The van der Waals surface area contributed by atoms with Gasteiger partial charge in [0.05, 0.1) is 17.8 Å². The van der Waals surface area contributed by atoms with E-state index in [1.165, 1.54) is 31.0 Å². The number of benzene rings is 1. The number of carbonyl (C=O) groups is 1. The van der Waals surface area contributed by atoms with Crippen molar-refractivity contribution in [2.45, 2.75) is 39.7 Å². The van der Waals surface area contributed by atoms with E-state index in [-0.39, 0.29) is 16.8 Å². The Morgan fingerprint density at radius 2 is 1.78 bits per heavy atom. The summed E-state index contributed by atoms with van der Waals surface area (Å²) in [7, 11) is 0. The lowest BCUT2D eigenvalue weighted by molar-refractivity contribution is -0.148. The van der Waals surface area contributed by atoms with Gasteiger partial charge in [0.25, 0.3) is 5.56 Å². The molecule has 2 atom stereocenters. The number of esters is 1. The van der Waals surface area contributed by atoms with Gasteiger partial charge < -0.3 is 4.74 Å². The molecular formula is C21H20FN5O4S. The average molecular weight is 457 g/mol. The van der Waals surface area contributed by atoms with Crippen LogP contribution in [0.1, 0.15) is 37.3 Å². The molecule has 32 heavy (non-hydrogen) atoms. The zero-order valence-electron chi connectivity index (χ0n) is 17.6. The van der Waals surface area contributed by atoms with Crippen molar-refractivity contribution in [2.24, 2.45) is 0 Å². The Morgan fingerprint density at radius 3 is 2.41 bits per heavy atom. The Morgan fingerprint density at radius 1 is 1.12 bits per heavy atom. The first-order valence-electron chi connectivity index (χ1n) is 9.82. The number of rotatable bonds is 6. The zero-order valence-corrected chi connectivity index (χ0v) is 18.4. The number of alkyl halides is 1. The number of fused-ring (bicyclic) bond motifs is 1. The number of hydrogen-bond acceptors (Lipinski definition) is 7. The molecule has 0 fully saturated rings. The van der Waals surface area contributed by atoms with Crippen molar-refractivity contribution in [3.8, 4) is 5.00 Å². The molecule has 0 saturated heterocycles. The van der Waals surface area contributed by atoms with Crippen LogP contribution in [0.25, 0.3) is 15.2 Å². The minimum atomic E-state index is -1.74. The summed E-state index contributed by atoms with van der Waals surface area (Å²) in [6.07, 6.45) is 1.20. The molecular weight excluding hydrogens is 437 g/mol. The summed E-state index contributed by atoms with van der Waals surface area (Å²) >= 11 is 1.03. The van der Waals surface area contributed by atoms with Crippen molar-refractivity contribution in [3.63, 3.8) is 0 Å². The molecule has 0 bridgehead atoms. The van der Waals surface area contributed by atoms with Gasteiger partial charge in [0.2, 0.25) is 0 Å². The highest BCUT2D eigenvalue weighted by Crippen LogP contribution is 2.31. The molecule has 0 aliphatic carbocycles. The molecule has 4 aromatic rings. The van der Waals surface area contributed by atoms with Gasteiger partial charge in [-0.25, -0.2) is 18.5 Å². The molecule has 166 valence electrons. The van der Waals surface area contributed by atoms with E-state index >= 15 is 0 Å². The van der Waals surface area contributed by atoms with Crippen molar-refractivity contribution in [3.05, 3.63) is 74.7 Å². The molecule has 0 saturated carbocycles. The van der Waals surface area contributed by atoms with Crippen molar-refractivity contribution in [2.75, 3.05) is 0 Å². The molecule has 0 N–H and O–H groups in total. The van der Waals surface area contributed by atoms with Crippen LogP contribution in [0, 0.1) is 6.92 Å². The van der Waals surface area contributed by atoms with Crippen molar-refractivity contribution in [1.29, 1.82) is 0 Å². The molecule has 4 rings (SSSR count). The van der Waals surface area contributed by atoms with Crippen LogP contribution in [0.4, 0.5) is 4.39 Å². The van der Waals surface area contributed by atoms with Gasteiger partial charge in [-0.15, -0.1) is 4.80 Å². The van der Waals surface area contributed by atoms with Gasteiger partial charge in [0.15, 0.2) is 6.30 Å². The summed E-state index contributed by atoms with van der Waals surface area (Å²) in [5.41, 5.74) is -0.379. The third-order valence-electron chi connectivity index (χ3n) is 5.08. The number of aryl methyl sites for hydroxylation is 1. The van der Waals surface area contributed by atoms with Gasteiger partial charge in [0.1, 0.15) is 22.5 Å². The predicted molar refractivity (Wildman–Crippen MR) is 117 cm³/mol. The molecule has 3 aromatic heterocycles. The van der Waals surface area contributed by atoms with E-state index in [1.54, 1.807) is 31.2 Å². The monoisotopic (exact) mass is 457 g/mol. The largest absolute Gasteiger partial charge is 0.459 e. The van der Waals surface area contributed by atoms with Crippen LogP contribution in [0.15, 0.2) is 52.3 Å². The number of halogens is 1. The summed E-state index contributed by atoms with van der Waals surface area (Å²) in [4.78, 5) is 40.6. The van der Waals surface area contributed by atoms with E-state index in [1.807, 2.05) is 6.07 Å². The Labute approximate surface area is 185 Å². The Balaban J connectivity index is 1.82. The molecule has 2 unspecified atom stereocenters. The van der Waals surface area contributed by atoms with Gasteiger partial charge in [-0.05, 0) is 26.3 Å². The summed E-state index contributed by atoms with van der Waals surface area (Å²) < 4.78 is 21.5. The van der Waals surface area contributed by atoms with Crippen molar-refractivity contribution >= 4 is 27.5 Å². The predicted octanol–water partition coefficient (Wildman–Crippen LogP) is 2.91. The molecule has 1 aromatic carbocycles. The second-order valence-corrected chi connectivity index (χ2v) is 8.18. The smallest absolute Gasteiger partial charge is 0.335 e. The maximum atomic E-state index is 14.6. The molecule has 0 aliphatic heterocycles. The quantitative estimate of drug-likeness (QED) is 0.413. The normalized spacial score (nSPS) is 13.2. The third kappa shape index (κ3) is 3.64. The molecule has 0 aliphatic rings. The van der Waals surface area contributed by atoms with Gasteiger partial charge >= 0.3 is 11.7 Å². The lowest BCUT2D eigenvalue weighted by atomic mass is 10.2. The molecule has 11 heteroatoms. The van der Waals surface area contributed by atoms with Crippen LogP contribution < -0.4 is 11.2 Å². The fourth-order valence-corrected chi connectivity index (χ4v) is 4.72. The number of nitrogens with zero attached hydrogens (tertiary/aromatic N) is 5. The molecule has 0 radical (unpaired) electrons. The standard InChI is InChI=1S/C21H20FN5O4S/c1-12-16-17(28)25(13(2)20(29)31-11-15-7-5-4-6-8-15)21(30)26(14(3)22)19(16)32-18(12)27-23-9-10-24-27/h4-10,13-14H,11H2,1-3H3. The third-order valence-corrected chi connectivity index (χ3v) is 6.33. The number of thiophene rings is 1. The Kier molecular flexibility index (Phi) is 5.74. The first-order valence-corrected chi connectivity index (χ1v) is 10.6. The summed E-state index contributed by atoms with van der Waals surface area (Å²) in [5, 5.41) is 8.73. The minimum absolute atomic E-state index is 0.0126. The summed E-state index contributed by atoms with van der Waals surface area (Å²) in [6, 6.07) is 7.76. The van der Waals surface area contributed by atoms with Crippen LogP contribution in [0.3, 0.4) is 0 Å². The molecule has 3 heterocycles. The first kappa shape index (κ1) is 21.6. The number of ether oxygens (including phenoxy) is 1. The van der Waals surface area contributed by atoms with Crippen LogP contribution in [-0.4, -0.2) is 30.1 Å². The summed E-state index contributed by atoms with van der Waals surface area (Å²) in [5.74, 6) is -0.771. The van der Waals surface area contributed by atoms with Gasteiger partial charge in [-0.2, -0.15) is 10.2 Å². The van der Waals surface area contributed by atoms with Crippen LogP contribution >= 0.6 is 11.3 Å². The number of hydrogen-bond donors (Lipinski definition) is 0. The maximum Gasteiger partial charge on any atom is 0.335 e. The van der Waals surface area contributed by atoms with Gasteiger partial charge in [-0.3, -0.25) is 9.36 Å². The van der Waals surface area contributed by atoms with Crippen molar-refractivity contribution < 1.29 is 13.9 Å². The zero-order chi connectivity index (χ0) is 23.0. The van der Waals surface area contributed by atoms with E-state index in [0.717, 1.165) is 26.0 Å². The summed E-state index contributed by atoms with van der Waals surface area (Å²) in [6.45, 7) is 4.22. The highest BCUT2D eigenvalue weighted by molar-refractivity contribution is 7.21. The fraction of sp³-hybridized carbons (Fsp3) is 0.286. The Hall–Kier alpha value is -3.60. The molecule has 0 spiro atoms. The number of carbonyl (C=O) groups excluding carboxylic acids is 1. The molecule has 9 nitrogen and oxygen atoms in total. The average Bonchev–Trinajstić information content (AvgIpc) is 3.40. The van der Waals surface area contributed by atoms with Crippen molar-refractivity contribution in [1.82, 2.24) is 24.1 Å². The highest BCUT2D eigenvalue weighted by atomic mass is 32.1. The fourth-order valence-electron chi connectivity index (χ4n) is 3.44. The topological polar surface area (TPSA) is 101 Å². The van der Waals surface area contributed by atoms with Crippen LogP contribution in [0.5, 0.6) is 0 Å². The highest BCUT2D eigenvalue weighted by Gasteiger charge is 2.28. The van der Waals surface area contributed by atoms with Gasteiger partial charge in [0, 0.05) is 5.56 Å². The van der Waals surface area contributed by atoms with Crippen LogP contribution in [-0.2, 0) is 16.1 Å². The lowest BCUT2D eigenvalue weighted by Gasteiger charge is -2.17. The van der Waals surface area contributed by atoms with Crippen LogP contribution in [0.2, 0.25) is 0 Å². The van der Waals surface area contributed by atoms with E-state index in [0.29, 0.717) is 10.6 Å². The van der Waals surface area contributed by atoms with Gasteiger partial charge in [-0.1, -0.05) is 41.7 Å². The maximum absolute atomic E-state index is 14.6. The van der Waals surface area contributed by atoms with E-state index in [2.05, 4.69) is 10.2 Å². The van der Waals surface area contributed by atoms with E-state index in [9.17, 15) is 18.8 Å². The second-order valence-electron chi connectivity index (χ2n) is 7.20. The molecule has 0 amide bonds.